The molecule has 1 aromatic rings. The highest BCUT2D eigenvalue weighted by Gasteiger charge is 2.16. The van der Waals surface area contributed by atoms with Gasteiger partial charge in [-0.15, -0.1) is 11.8 Å². The van der Waals surface area contributed by atoms with Gasteiger partial charge in [0.05, 0.1) is 13.0 Å². The van der Waals surface area contributed by atoms with Gasteiger partial charge in [-0.1, -0.05) is 18.5 Å². The normalized spacial score (nSPS) is 12.2. The first-order chi connectivity index (χ1) is 8.43. The number of esters is 1. The summed E-state index contributed by atoms with van der Waals surface area (Å²) in [4.78, 5) is 19.0. The fourth-order valence-electron chi connectivity index (χ4n) is 1.21. The Balaban J connectivity index is 2.70. The summed E-state index contributed by atoms with van der Waals surface area (Å²) in [5, 5.41) is 0.550. The van der Waals surface area contributed by atoms with Crippen molar-refractivity contribution in [3.8, 4) is 0 Å². The van der Waals surface area contributed by atoms with E-state index in [1.807, 2.05) is 6.92 Å². The molecule has 4 N–H and O–H groups in total. The number of rotatable bonds is 5. The largest absolute Gasteiger partial charge is 0.466 e. The van der Waals surface area contributed by atoms with Crippen molar-refractivity contribution in [2.75, 3.05) is 18.1 Å². The first-order valence-corrected chi connectivity index (χ1v) is 6.60. The Hall–Kier alpha value is -1.21. The van der Waals surface area contributed by atoms with E-state index in [0.717, 1.165) is 0 Å². The fourth-order valence-corrected chi connectivity index (χ4v) is 2.42. The highest BCUT2D eigenvalue weighted by Crippen LogP contribution is 2.32. The van der Waals surface area contributed by atoms with Crippen LogP contribution in [0.4, 0.5) is 11.6 Å². The highest BCUT2D eigenvalue weighted by atomic mass is 35.5. The molecule has 0 aliphatic heterocycles. The summed E-state index contributed by atoms with van der Waals surface area (Å²) >= 11 is 7.11. The van der Waals surface area contributed by atoms with Crippen LogP contribution in [0.2, 0.25) is 5.15 Å². The topological polar surface area (TPSA) is 104 Å². The standard InChI is InChI=1S/C10H15ClN4O2S/c1-3-17-6(16)4-5(2)18-9-7(12)8(11)14-10(13)15-9/h5H,3-4,12H2,1-2H3,(H2,13,14,15). The van der Waals surface area contributed by atoms with Gasteiger partial charge in [-0.3, -0.25) is 4.79 Å². The first kappa shape index (κ1) is 14.8. The average molecular weight is 291 g/mol. The number of nitrogen functional groups attached to an aromatic ring is 2. The number of carbonyl (C=O) groups is 1. The smallest absolute Gasteiger partial charge is 0.306 e. The van der Waals surface area contributed by atoms with Gasteiger partial charge in [0.1, 0.15) is 10.7 Å². The zero-order chi connectivity index (χ0) is 13.7. The van der Waals surface area contributed by atoms with Crippen molar-refractivity contribution >= 4 is 41.0 Å². The molecule has 0 bridgehead atoms. The lowest BCUT2D eigenvalue weighted by atomic mass is 10.3. The lowest BCUT2D eigenvalue weighted by Crippen LogP contribution is -2.11. The molecule has 1 aromatic heterocycles. The molecule has 0 fully saturated rings. The number of hydrogen-bond acceptors (Lipinski definition) is 7. The number of thioether (sulfide) groups is 1. The zero-order valence-electron chi connectivity index (χ0n) is 10.1. The van der Waals surface area contributed by atoms with Crippen molar-refractivity contribution in [2.24, 2.45) is 0 Å². The lowest BCUT2D eigenvalue weighted by Gasteiger charge is -2.12. The Labute approximate surface area is 114 Å². The molecule has 0 radical (unpaired) electrons. The van der Waals surface area contributed by atoms with E-state index in [1.165, 1.54) is 11.8 Å². The minimum Gasteiger partial charge on any atom is -0.466 e. The Morgan fingerprint density at radius 3 is 2.78 bits per heavy atom. The van der Waals surface area contributed by atoms with Crippen LogP contribution in [0.1, 0.15) is 20.3 Å². The molecule has 1 heterocycles. The van der Waals surface area contributed by atoms with Gasteiger partial charge >= 0.3 is 5.97 Å². The number of ether oxygens (including phenoxy) is 1. The molecule has 0 saturated carbocycles. The van der Waals surface area contributed by atoms with Crippen LogP contribution >= 0.6 is 23.4 Å². The van der Waals surface area contributed by atoms with Crippen molar-refractivity contribution in [1.82, 2.24) is 9.97 Å². The van der Waals surface area contributed by atoms with Crippen molar-refractivity contribution in [2.45, 2.75) is 30.5 Å². The SMILES string of the molecule is CCOC(=O)CC(C)Sc1nc(N)nc(Cl)c1N. The minimum absolute atomic E-state index is 0.0447. The van der Waals surface area contributed by atoms with Gasteiger partial charge in [-0.25, -0.2) is 4.98 Å². The van der Waals surface area contributed by atoms with Gasteiger partial charge in [-0.2, -0.15) is 4.98 Å². The molecule has 0 saturated heterocycles. The van der Waals surface area contributed by atoms with E-state index in [9.17, 15) is 4.79 Å². The summed E-state index contributed by atoms with van der Waals surface area (Å²) in [6, 6.07) is 0. The summed E-state index contributed by atoms with van der Waals surface area (Å²) in [6.07, 6.45) is 0.263. The van der Waals surface area contributed by atoms with Crippen LogP contribution < -0.4 is 11.5 Å². The Morgan fingerprint density at radius 1 is 1.50 bits per heavy atom. The van der Waals surface area contributed by atoms with Crippen LogP contribution in [0.5, 0.6) is 0 Å². The van der Waals surface area contributed by atoms with Gasteiger partial charge in [0, 0.05) is 5.25 Å². The van der Waals surface area contributed by atoms with Gasteiger partial charge in [0.2, 0.25) is 5.95 Å². The third-order valence-electron chi connectivity index (χ3n) is 1.95. The van der Waals surface area contributed by atoms with E-state index in [1.54, 1.807) is 6.92 Å². The molecule has 1 atom stereocenters. The molecule has 0 aromatic carbocycles. The summed E-state index contributed by atoms with van der Waals surface area (Å²) in [7, 11) is 0. The van der Waals surface area contributed by atoms with E-state index in [4.69, 9.17) is 27.8 Å². The lowest BCUT2D eigenvalue weighted by molar-refractivity contribution is -0.142. The summed E-state index contributed by atoms with van der Waals surface area (Å²) < 4.78 is 4.86. The molecule has 1 rings (SSSR count). The number of hydrogen-bond donors (Lipinski definition) is 2. The fraction of sp³-hybridized carbons (Fsp3) is 0.500. The molecule has 0 amide bonds. The van der Waals surface area contributed by atoms with E-state index >= 15 is 0 Å². The molecule has 0 spiro atoms. The highest BCUT2D eigenvalue weighted by molar-refractivity contribution is 8.00. The Bertz CT molecular complexity index is 444. The molecule has 6 nitrogen and oxygen atoms in total. The second-order valence-corrected chi connectivity index (χ2v) is 5.31. The van der Waals surface area contributed by atoms with Crippen LogP contribution in [-0.2, 0) is 9.53 Å². The third kappa shape index (κ3) is 4.23. The molecule has 100 valence electrons. The van der Waals surface area contributed by atoms with Crippen molar-refractivity contribution < 1.29 is 9.53 Å². The Morgan fingerprint density at radius 2 is 2.17 bits per heavy atom. The predicted molar refractivity (Wildman–Crippen MR) is 72.4 cm³/mol. The zero-order valence-corrected chi connectivity index (χ0v) is 11.7. The van der Waals surface area contributed by atoms with Crippen molar-refractivity contribution in [3.05, 3.63) is 5.15 Å². The summed E-state index contributed by atoms with van der Waals surface area (Å²) in [5.41, 5.74) is 11.5. The third-order valence-corrected chi connectivity index (χ3v) is 3.35. The van der Waals surface area contributed by atoms with Crippen LogP contribution in [0.3, 0.4) is 0 Å². The number of aromatic nitrogens is 2. The number of nitrogens with zero attached hydrogens (tertiary/aromatic N) is 2. The molecule has 0 aliphatic carbocycles. The number of anilines is 2. The number of carbonyl (C=O) groups excluding carboxylic acids is 1. The molecule has 0 aliphatic rings. The molecule has 1 unspecified atom stereocenters. The monoisotopic (exact) mass is 290 g/mol. The average Bonchev–Trinajstić information content (AvgIpc) is 2.25. The van der Waals surface area contributed by atoms with Crippen LogP contribution in [0.25, 0.3) is 0 Å². The van der Waals surface area contributed by atoms with Crippen molar-refractivity contribution in [3.63, 3.8) is 0 Å². The van der Waals surface area contributed by atoms with Crippen LogP contribution in [0, 0.1) is 0 Å². The summed E-state index contributed by atoms with van der Waals surface area (Å²) in [5.74, 6) is -0.204. The maximum Gasteiger partial charge on any atom is 0.306 e. The number of nitrogens with two attached hydrogens (primary N) is 2. The second kappa shape index (κ2) is 6.65. The number of halogens is 1. The molecule has 18 heavy (non-hydrogen) atoms. The van der Waals surface area contributed by atoms with E-state index in [-0.39, 0.29) is 34.4 Å². The van der Waals surface area contributed by atoms with E-state index in [2.05, 4.69) is 9.97 Å². The van der Waals surface area contributed by atoms with Crippen molar-refractivity contribution in [1.29, 1.82) is 0 Å². The first-order valence-electron chi connectivity index (χ1n) is 5.34. The van der Waals surface area contributed by atoms with Gasteiger partial charge in [0.15, 0.2) is 5.15 Å². The molecule has 8 heteroatoms. The van der Waals surface area contributed by atoms with E-state index < -0.39 is 0 Å². The second-order valence-electron chi connectivity index (χ2n) is 3.53. The van der Waals surface area contributed by atoms with Crippen LogP contribution in [-0.4, -0.2) is 27.8 Å². The van der Waals surface area contributed by atoms with Gasteiger partial charge in [-0.05, 0) is 6.92 Å². The summed E-state index contributed by atoms with van der Waals surface area (Å²) in [6.45, 7) is 4.00. The molecular formula is C10H15ClN4O2S. The van der Waals surface area contributed by atoms with Gasteiger partial charge < -0.3 is 16.2 Å². The molecular weight excluding hydrogens is 276 g/mol. The maximum absolute atomic E-state index is 11.3. The van der Waals surface area contributed by atoms with Gasteiger partial charge in [0.25, 0.3) is 0 Å². The van der Waals surface area contributed by atoms with Crippen LogP contribution in [0.15, 0.2) is 5.03 Å². The quantitative estimate of drug-likeness (QED) is 0.483. The Kier molecular flexibility index (Phi) is 5.49. The van der Waals surface area contributed by atoms with E-state index in [0.29, 0.717) is 11.6 Å². The predicted octanol–water partition coefficient (Wildman–Crippen LogP) is 1.73. The minimum atomic E-state index is -0.260. The maximum atomic E-state index is 11.3.